The highest BCUT2D eigenvalue weighted by molar-refractivity contribution is 5.96. The van der Waals surface area contributed by atoms with E-state index in [1.165, 1.54) is 5.56 Å². The van der Waals surface area contributed by atoms with Gasteiger partial charge in [-0.2, -0.15) is 0 Å². The Morgan fingerprint density at radius 1 is 1.33 bits per heavy atom. The van der Waals surface area contributed by atoms with E-state index in [1.54, 1.807) is 0 Å². The molecule has 0 aliphatic carbocycles. The van der Waals surface area contributed by atoms with Crippen molar-refractivity contribution >= 4 is 5.78 Å². The summed E-state index contributed by atoms with van der Waals surface area (Å²) in [4.78, 5) is 12.3. The highest BCUT2D eigenvalue weighted by atomic mass is 16.5. The molecule has 0 unspecified atom stereocenters. The van der Waals surface area contributed by atoms with Gasteiger partial charge in [-0.15, -0.1) is 0 Å². The molecule has 0 spiro atoms. The van der Waals surface area contributed by atoms with E-state index >= 15 is 0 Å². The second-order valence-electron chi connectivity index (χ2n) is 5.24. The normalized spacial score (nSPS) is 19.3. The minimum atomic E-state index is 0.289. The van der Waals surface area contributed by atoms with Crippen LogP contribution in [0.2, 0.25) is 0 Å². The molecular weight excluding hydrogens is 226 g/mol. The largest absolute Gasteiger partial charge is 0.493 e. The first-order valence-corrected chi connectivity index (χ1v) is 6.82. The minimum absolute atomic E-state index is 0.289. The highest BCUT2D eigenvalue weighted by Crippen LogP contribution is 2.27. The van der Waals surface area contributed by atoms with Crippen LogP contribution in [0.4, 0.5) is 0 Å². The van der Waals surface area contributed by atoms with E-state index in [4.69, 9.17) is 4.74 Å². The lowest BCUT2D eigenvalue weighted by Gasteiger charge is -2.21. The van der Waals surface area contributed by atoms with Gasteiger partial charge in [0, 0.05) is 18.4 Å². The molecule has 1 N–H and O–H groups in total. The van der Waals surface area contributed by atoms with Gasteiger partial charge in [0.15, 0.2) is 5.78 Å². The van der Waals surface area contributed by atoms with Gasteiger partial charge in [0.2, 0.25) is 0 Å². The Hall–Kier alpha value is -1.35. The van der Waals surface area contributed by atoms with Gasteiger partial charge in [-0.1, -0.05) is 0 Å². The van der Waals surface area contributed by atoms with Crippen LogP contribution in [0, 0.1) is 5.92 Å². The van der Waals surface area contributed by atoms with Gasteiger partial charge in [0.25, 0.3) is 0 Å². The second-order valence-corrected chi connectivity index (χ2v) is 5.24. The molecule has 1 aromatic rings. The number of hydrogen-bond donors (Lipinski definition) is 1. The zero-order valence-electron chi connectivity index (χ0n) is 10.6. The average molecular weight is 245 g/mol. The molecule has 1 saturated heterocycles. The minimum Gasteiger partial charge on any atom is -0.493 e. The number of hydrogen-bond acceptors (Lipinski definition) is 3. The summed E-state index contributed by atoms with van der Waals surface area (Å²) in [5.41, 5.74) is 2.05. The third-order valence-electron chi connectivity index (χ3n) is 3.94. The number of rotatable bonds is 3. The van der Waals surface area contributed by atoms with Gasteiger partial charge >= 0.3 is 0 Å². The number of piperidine rings is 1. The molecule has 3 rings (SSSR count). The zero-order valence-corrected chi connectivity index (χ0v) is 10.6. The Kier molecular flexibility index (Phi) is 3.33. The van der Waals surface area contributed by atoms with Gasteiger partial charge in [-0.05, 0) is 55.6 Å². The van der Waals surface area contributed by atoms with Crippen molar-refractivity contribution in [1.29, 1.82) is 0 Å². The maximum absolute atomic E-state index is 12.3. The summed E-state index contributed by atoms with van der Waals surface area (Å²) in [7, 11) is 0. The molecule has 1 fully saturated rings. The summed E-state index contributed by atoms with van der Waals surface area (Å²) in [5.74, 6) is 1.80. The van der Waals surface area contributed by atoms with Crippen LogP contribution >= 0.6 is 0 Å². The molecule has 0 saturated carbocycles. The molecule has 0 aromatic heterocycles. The molecule has 0 amide bonds. The van der Waals surface area contributed by atoms with Crippen molar-refractivity contribution in [2.24, 2.45) is 5.92 Å². The van der Waals surface area contributed by atoms with Gasteiger partial charge < -0.3 is 10.1 Å². The first-order valence-electron chi connectivity index (χ1n) is 6.82. The van der Waals surface area contributed by atoms with Gasteiger partial charge in [0.05, 0.1) is 6.61 Å². The molecule has 96 valence electrons. The van der Waals surface area contributed by atoms with Crippen molar-refractivity contribution in [3.05, 3.63) is 29.3 Å². The monoisotopic (exact) mass is 245 g/mol. The molecule has 2 aliphatic rings. The number of ketones is 1. The Labute approximate surface area is 108 Å². The fourth-order valence-electron chi connectivity index (χ4n) is 2.83. The number of carbonyl (C=O) groups excluding carboxylic acids is 1. The van der Waals surface area contributed by atoms with E-state index in [0.29, 0.717) is 12.3 Å². The zero-order chi connectivity index (χ0) is 12.4. The lowest BCUT2D eigenvalue weighted by Crippen LogP contribution is -2.28. The van der Waals surface area contributed by atoms with E-state index in [9.17, 15) is 4.79 Å². The van der Waals surface area contributed by atoms with E-state index in [0.717, 1.165) is 50.3 Å². The average Bonchev–Trinajstić information content (AvgIpc) is 2.87. The van der Waals surface area contributed by atoms with Crippen LogP contribution in [-0.2, 0) is 6.42 Å². The molecule has 2 aliphatic heterocycles. The van der Waals surface area contributed by atoms with Crippen molar-refractivity contribution < 1.29 is 9.53 Å². The van der Waals surface area contributed by atoms with Crippen LogP contribution in [0.5, 0.6) is 5.75 Å². The molecule has 3 heteroatoms. The van der Waals surface area contributed by atoms with E-state index in [1.807, 2.05) is 18.2 Å². The summed E-state index contributed by atoms with van der Waals surface area (Å²) in [6.45, 7) is 2.85. The molecular formula is C15H19NO2. The third-order valence-corrected chi connectivity index (χ3v) is 3.94. The maximum Gasteiger partial charge on any atom is 0.163 e. The van der Waals surface area contributed by atoms with Gasteiger partial charge in [0.1, 0.15) is 5.75 Å². The van der Waals surface area contributed by atoms with Crippen LogP contribution in [-0.4, -0.2) is 25.5 Å². The topological polar surface area (TPSA) is 38.3 Å². The van der Waals surface area contributed by atoms with E-state index in [2.05, 4.69) is 5.32 Å². The molecule has 2 heterocycles. The van der Waals surface area contributed by atoms with Crippen molar-refractivity contribution in [3.63, 3.8) is 0 Å². The van der Waals surface area contributed by atoms with Crippen molar-refractivity contribution in [2.75, 3.05) is 19.7 Å². The molecule has 0 atom stereocenters. The SMILES string of the molecule is O=C(CC1CCNCC1)c1ccc2c(c1)CCO2. The lowest BCUT2D eigenvalue weighted by atomic mass is 9.90. The van der Waals surface area contributed by atoms with Gasteiger partial charge in [-0.3, -0.25) is 4.79 Å². The molecule has 0 bridgehead atoms. The summed E-state index contributed by atoms with van der Waals surface area (Å²) in [6.07, 6.45) is 3.88. The second kappa shape index (κ2) is 5.11. The maximum atomic E-state index is 12.3. The van der Waals surface area contributed by atoms with Crippen LogP contribution in [0.3, 0.4) is 0 Å². The third kappa shape index (κ3) is 2.41. The number of ether oxygens (including phenoxy) is 1. The first-order chi connectivity index (χ1) is 8.83. The number of benzene rings is 1. The summed E-state index contributed by atoms with van der Waals surface area (Å²) < 4.78 is 5.46. The Bertz CT molecular complexity index is 450. The van der Waals surface area contributed by atoms with E-state index in [-0.39, 0.29) is 5.78 Å². The highest BCUT2D eigenvalue weighted by Gasteiger charge is 2.19. The number of carbonyl (C=O) groups is 1. The molecule has 0 radical (unpaired) electrons. The van der Waals surface area contributed by atoms with Crippen molar-refractivity contribution in [1.82, 2.24) is 5.32 Å². The fraction of sp³-hybridized carbons (Fsp3) is 0.533. The molecule has 18 heavy (non-hydrogen) atoms. The first kappa shape index (κ1) is 11.7. The fourth-order valence-corrected chi connectivity index (χ4v) is 2.83. The van der Waals surface area contributed by atoms with Gasteiger partial charge in [-0.25, -0.2) is 0 Å². The Morgan fingerprint density at radius 3 is 3.00 bits per heavy atom. The van der Waals surface area contributed by atoms with Crippen LogP contribution in [0.15, 0.2) is 18.2 Å². The van der Waals surface area contributed by atoms with E-state index < -0.39 is 0 Å². The standard InChI is InChI=1S/C15H19NO2/c17-14(9-11-3-6-16-7-4-11)12-1-2-15-13(10-12)5-8-18-15/h1-2,10-11,16H,3-9H2. The number of nitrogens with one attached hydrogen (secondary N) is 1. The van der Waals surface area contributed by atoms with Crippen molar-refractivity contribution in [2.45, 2.75) is 25.7 Å². The van der Waals surface area contributed by atoms with Crippen LogP contribution < -0.4 is 10.1 Å². The Morgan fingerprint density at radius 2 is 2.17 bits per heavy atom. The quantitative estimate of drug-likeness (QED) is 0.830. The summed E-state index contributed by atoms with van der Waals surface area (Å²) in [5, 5.41) is 3.33. The summed E-state index contributed by atoms with van der Waals surface area (Å²) in [6, 6.07) is 5.87. The number of fused-ring (bicyclic) bond motifs is 1. The summed E-state index contributed by atoms with van der Waals surface area (Å²) >= 11 is 0. The smallest absolute Gasteiger partial charge is 0.163 e. The Balaban J connectivity index is 1.68. The van der Waals surface area contributed by atoms with Crippen LogP contribution in [0.1, 0.15) is 35.2 Å². The van der Waals surface area contributed by atoms with Crippen LogP contribution in [0.25, 0.3) is 0 Å². The van der Waals surface area contributed by atoms with Crippen molar-refractivity contribution in [3.8, 4) is 5.75 Å². The predicted molar refractivity (Wildman–Crippen MR) is 70.2 cm³/mol. The predicted octanol–water partition coefficient (Wildman–Crippen LogP) is 2.19. The lowest BCUT2D eigenvalue weighted by molar-refractivity contribution is 0.0952. The molecule has 3 nitrogen and oxygen atoms in total. The number of Topliss-reactive ketones (excluding diaryl/α,β-unsaturated/α-hetero) is 1. The molecule has 1 aromatic carbocycles.